The molecule has 1 aromatic heterocycles. The summed E-state index contributed by atoms with van der Waals surface area (Å²) in [6, 6.07) is 3.67. The van der Waals surface area contributed by atoms with Crippen molar-refractivity contribution in [3.8, 4) is 0 Å². The molecule has 1 unspecified atom stereocenters. The van der Waals surface area contributed by atoms with Crippen LogP contribution in [0.4, 0.5) is 8.78 Å². The third kappa shape index (κ3) is 6.90. The van der Waals surface area contributed by atoms with Crippen molar-refractivity contribution in [2.75, 3.05) is 27.2 Å². The summed E-state index contributed by atoms with van der Waals surface area (Å²) in [5.74, 6) is -0.818. The molecule has 29 heavy (non-hydrogen) atoms. The van der Waals surface area contributed by atoms with E-state index in [-0.39, 0.29) is 24.2 Å². The van der Waals surface area contributed by atoms with Crippen LogP contribution < -0.4 is 5.32 Å². The van der Waals surface area contributed by atoms with Crippen molar-refractivity contribution in [3.05, 3.63) is 53.2 Å². The van der Waals surface area contributed by atoms with Gasteiger partial charge in [0.1, 0.15) is 17.9 Å². The van der Waals surface area contributed by atoms with E-state index in [2.05, 4.69) is 24.1 Å². The third-order valence-electron chi connectivity index (χ3n) is 4.90. The van der Waals surface area contributed by atoms with E-state index in [1.165, 1.54) is 18.4 Å². The van der Waals surface area contributed by atoms with Crippen molar-refractivity contribution >= 4 is 5.91 Å². The molecule has 0 aliphatic heterocycles. The lowest BCUT2D eigenvalue weighted by molar-refractivity contribution is 0.0945. The van der Waals surface area contributed by atoms with Crippen LogP contribution >= 0.6 is 0 Å². The molecule has 6 nitrogen and oxygen atoms in total. The quantitative estimate of drug-likeness (QED) is 0.654. The molecule has 2 rings (SSSR count). The maximum absolute atomic E-state index is 14.1. The smallest absolute Gasteiger partial charge is 0.273 e. The number of nitrogens with zero attached hydrogens (tertiary/aromatic N) is 3. The van der Waals surface area contributed by atoms with Gasteiger partial charge in [0.25, 0.3) is 5.91 Å². The minimum Gasteiger partial charge on any atom is -0.447 e. The van der Waals surface area contributed by atoms with Gasteiger partial charge in [-0.3, -0.25) is 9.69 Å². The summed E-state index contributed by atoms with van der Waals surface area (Å²) in [5, 5.41) is 2.79. The first-order valence-corrected chi connectivity index (χ1v) is 9.72. The Balaban J connectivity index is 2.09. The van der Waals surface area contributed by atoms with Gasteiger partial charge in [-0.1, -0.05) is 19.9 Å². The number of hydrogen-bond acceptors (Lipinski definition) is 5. The fourth-order valence-electron chi connectivity index (χ4n) is 2.78. The van der Waals surface area contributed by atoms with Crippen molar-refractivity contribution in [2.45, 2.75) is 39.9 Å². The van der Waals surface area contributed by atoms with Crippen LogP contribution in [0.3, 0.4) is 0 Å². The van der Waals surface area contributed by atoms with Gasteiger partial charge in [0.05, 0.1) is 6.54 Å². The highest BCUT2D eigenvalue weighted by atomic mass is 19.1. The zero-order chi connectivity index (χ0) is 21.6. The van der Waals surface area contributed by atoms with Crippen LogP contribution in [0.25, 0.3) is 0 Å². The third-order valence-corrected chi connectivity index (χ3v) is 4.90. The van der Waals surface area contributed by atoms with Gasteiger partial charge in [0.15, 0.2) is 5.69 Å². The summed E-state index contributed by atoms with van der Waals surface area (Å²) in [5.41, 5.74) is 0.607. The molecule has 2 aromatic rings. The van der Waals surface area contributed by atoms with Gasteiger partial charge >= 0.3 is 0 Å². The molecule has 0 aliphatic carbocycles. The fraction of sp³-hybridized carbons (Fsp3) is 0.524. The second-order valence-electron chi connectivity index (χ2n) is 7.81. The highest BCUT2D eigenvalue weighted by Crippen LogP contribution is 2.20. The summed E-state index contributed by atoms with van der Waals surface area (Å²) < 4.78 is 32.8. The van der Waals surface area contributed by atoms with Gasteiger partial charge in [-0.05, 0) is 33.0 Å². The lowest BCUT2D eigenvalue weighted by Crippen LogP contribution is -2.36. The molecule has 1 amide bonds. The maximum Gasteiger partial charge on any atom is 0.273 e. The maximum atomic E-state index is 14.1. The Morgan fingerprint density at radius 2 is 1.93 bits per heavy atom. The van der Waals surface area contributed by atoms with Crippen LogP contribution in [0.5, 0.6) is 0 Å². The Labute approximate surface area is 170 Å². The number of nitrogens with one attached hydrogen (secondary N) is 1. The van der Waals surface area contributed by atoms with Gasteiger partial charge < -0.3 is 14.6 Å². The molecule has 0 radical (unpaired) electrons. The normalized spacial score (nSPS) is 12.8. The number of halogens is 2. The minimum atomic E-state index is -0.604. The van der Waals surface area contributed by atoms with Gasteiger partial charge in [-0.15, -0.1) is 0 Å². The second-order valence-corrected chi connectivity index (χ2v) is 7.81. The van der Waals surface area contributed by atoms with E-state index >= 15 is 0 Å². The molecular weight excluding hydrogens is 378 g/mol. The molecule has 0 aliphatic rings. The summed E-state index contributed by atoms with van der Waals surface area (Å²) in [6.07, 6.45) is 1.33. The molecule has 1 heterocycles. The molecule has 8 heteroatoms. The first kappa shape index (κ1) is 23.0. The lowest BCUT2D eigenvalue weighted by Gasteiger charge is -2.30. The zero-order valence-electron chi connectivity index (χ0n) is 17.7. The molecular formula is C21H30F2N4O2. The number of carbonyl (C=O) groups excluding carboxylic acids is 1. The molecule has 1 atom stereocenters. The lowest BCUT2D eigenvalue weighted by atomic mass is 10.0. The molecule has 1 N–H and O–H groups in total. The molecule has 160 valence electrons. The van der Waals surface area contributed by atoms with E-state index in [4.69, 9.17) is 4.42 Å². The number of benzene rings is 1. The SMILES string of the molecule is CC(C)C(C)N(Cc1nc(C(=O)NCCN(C)C)co1)Cc1ccc(F)cc1F. The fourth-order valence-corrected chi connectivity index (χ4v) is 2.78. The summed E-state index contributed by atoms with van der Waals surface area (Å²) in [6.45, 7) is 7.98. The number of amides is 1. The summed E-state index contributed by atoms with van der Waals surface area (Å²) in [4.78, 5) is 20.4. The Morgan fingerprint density at radius 1 is 1.21 bits per heavy atom. The van der Waals surface area contributed by atoms with Crippen LogP contribution in [0, 0.1) is 17.6 Å². The predicted octanol–water partition coefficient (Wildman–Crippen LogP) is 3.29. The Kier molecular flexibility index (Phi) is 8.28. The predicted molar refractivity (Wildman–Crippen MR) is 107 cm³/mol. The van der Waals surface area contributed by atoms with Crippen LogP contribution in [0.15, 0.2) is 28.9 Å². The summed E-state index contributed by atoms with van der Waals surface area (Å²) >= 11 is 0. The van der Waals surface area contributed by atoms with Gasteiger partial charge in [-0.25, -0.2) is 13.8 Å². The second kappa shape index (κ2) is 10.5. The van der Waals surface area contributed by atoms with E-state index in [9.17, 15) is 13.6 Å². The van der Waals surface area contributed by atoms with Crippen LogP contribution in [-0.2, 0) is 13.1 Å². The molecule has 0 saturated carbocycles. The molecule has 1 aromatic carbocycles. The largest absolute Gasteiger partial charge is 0.447 e. The van der Waals surface area contributed by atoms with E-state index in [1.54, 1.807) is 0 Å². The van der Waals surface area contributed by atoms with E-state index < -0.39 is 11.6 Å². The average Bonchev–Trinajstić information content (AvgIpc) is 3.10. The van der Waals surface area contributed by atoms with Crippen LogP contribution in [0.1, 0.15) is 42.7 Å². The van der Waals surface area contributed by atoms with Crippen LogP contribution in [-0.4, -0.2) is 53.9 Å². The Bertz CT molecular complexity index is 808. The first-order chi connectivity index (χ1) is 13.7. The number of hydrogen-bond donors (Lipinski definition) is 1. The van der Waals surface area contributed by atoms with Crippen molar-refractivity contribution < 1.29 is 18.0 Å². The highest BCUT2D eigenvalue weighted by molar-refractivity contribution is 5.91. The monoisotopic (exact) mass is 408 g/mol. The standard InChI is InChI=1S/C21H30F2N4O2/c1-14(2)15(3)27(11-16-6-7-17(22)10-18(16)23)12-20-25-19(13-29-20)21(28)24-8-9-26(4)5/h6-7,10,13-15H,8-9,11-12H2,1-5H3,(H,24,28). The van der Waals surface area contributed by atoms with Crippen molar-refractivity contribution in [2.24, 2.45) is 5.92 Å². The van der Waals surface area contributed by atoms with Crippen LogP contribution in [0.2, 0.25) is 0 Å². The number of oxazole rings is 1. The summed E-state index contributed by atoms with van der Waals surface area (Å²) in [7, 11) is 3.85. The molecule has 0 fully saturated rings. The van der Waals surface area contributed by atoms with E-state index in [1.807, 2.05) is 30.8 Å². The molecule has 0 saturated heterocycles. The van der Waals surface area contributed by atoms with E-state index in [0.717, 1.165) is 12.6 Å². The Morgan fingerprint density at radius 3 is 2.55 bits per heavy atom. The molecule has 0 bridgehead atoms. The van der Waals surface area contributed by atoms with Crippen molar-refractivity contribution in [1.82, 2.24) is 20.1 Å². The van der Waals surface area contributed by atoms with Crippen molar-refractivity contribution in [3.63, 3.8) is 0 Å². The van der Waals surface area contributed by atoms with Crippen molar-refractivity contribution in [1.29, 1.82) is 0 Å². The minimum absolute atomic E-state index is 0.0868. The molecule has 0 spiro atoms. The average molecular weight is 408 g/mol. The number of aromatic nitrogens is 1. The zero-order valence-corrected chi connectivity index (χ0v) is 17.7. The van der Waals surface area contributed by atoms with E-state index in [0.29, 0.717) is 30.5 Å². The number of rotatable bonds is 10. The van der Waals surface area contributed by atoms with Gasteiger partial charge in [0, 0.05) is 37.3 Å². The van der Waals surface area contributed by atoms with Gasteiger partial charge in [0.2, 0.25) is 5.89 Å². The highest BCUT2D eigenvalue weighted by Gasteiger charge is 2.22. The number of likely N-dealkylation sites (N-methyl/N-ethyl adjacent to an activating group) is 1. The number of carbonyl (C=O) groups is 1. The first-order valence-electron chi connectivity index (χ1n) is 9.72. The topological polar surface area (TPSA) is 61.6 Å². The van der Waals surface area contributed by atoms with Gasteiger partial charge in [-0.2, -0.15) is 0 Å². The Hall–Kier alpha value is -2.32.